The summed E-state index contributed by atoms with van der Waals surface area (Å²) >= 11 is 1.09. The summed E-state index contributed by atoms with van der Waals surface area (Å²) in [6.45, 7) is 16.9. The van der Waals surface area contributed by atoms with Crippen molar-refractivity contribution in [1.82, 2.24) is 10.3 Å². The first-order valence-corrected chi connectivity index (χ1v) is 20.5. The standard InChI is InChI=1S/C42H55BN4O10S/c1-39(2,3)54-36(50)28-17-25(21-48)16-26(34(28)52-10)18-32(43-56-31-20-27-19-30(41(27,7)8)42(31,9)57-43)45-35(49)33(47-53-22-24-14-12-11-13-15-24)29-23-58-37(44-29)46-38(51)55-40(4,5)6/h11-17,23,27,30-32,48H,18-22H2,1-10H3,(H,45,49)(H,44,46,51)/b47-33-/t27-,30+,31?,32?,42+/m1/s1. The maximum atomic E-state index is 14.6. The minimum atomic E-state index is -0.923. The van der Waals surface area contributed by atoms with Crippen molar-refractivity contribution >= 4 is 47.3 Å². The number of benzene rings is 2. The molecular weight excluding hydrogens is 763 g/mol. The van der Waals surface area contributed by atoms with Crippen LogP contribution in [0.2, 0.25) is 0 Å². The molecule has 58 heavy (non-hydrogen) atoms. The molecule has 7 rings (SSSR count). The average Bonchev–Trinajstić information content (AvgIpc) is 3.75. The number of oxime groups is 1. The molecule has 1 aromatic heterocycles. The minimum Gasteiger partial charge on any atom is -0.496 e. The van der Waals surface area contributed by atoms with Crippen molar-refractivity contribution in [2.45, 2.75) is 124 Å². The van der Waals surface area contributed by atoms with Gasteiger partial charge in [-0.1, -0.05) is 49.3 Å². The van der Waals surface area contributed by atoms with Crippen LogP contribution in [0.25, 0.3) is 0 Å². The van der Waals surface area contributed by atoms with Gasteiger partial charge in [0.25, 0.3) is 5.91 Å². The van der Waals surface area contributed by atoms with Crippen molar-refractivity contribution in [2.75, 3.05) is 12.4 Å². The van der Waals surface area contributed by atoms with Gasteiger partial charge in [0.1, 0.15) is 34.8 Å². The van der Waals surface area contributed by atoms with E-state index in [2.05, 4.69) is 41.5 Å². The Hall–Kier alpha value is -4.51. The zero-order valence-corrected chi connectivity index (χ0v) is 35.8. The zero-order chi connectivity index (χ0) is 42.2. The van der Waals surface area contributed by atoms with Gasteiger partial charge in [-0.25, -0.2) is 14.6 Å². The number of aliphatic hydroxyl groups excluding tert-OH is 1. The highest BCUT2D eigenvalue weighted by atomic mass is 32.1. The summed E-state index contributed by atoms with van der Waals surface area (Å²) in [5, 5.41) is 22.1. The second-order valence-corrected chi connectivity index (χ2v) is 18.8. The zero-order valence-electron chi connectivity index (χ0n) is 35.0. The van der Waals surface area contributed by atoms with E-state index >= 15 is 0 Å². The Bertz CT molecular complexity index is 2030. The van der Waals surface area contributed by atoms with Gasteiger partial charge in [0.15, 0.2) is 10.8 Å². The van der Waals surface area contributed by atoms with Gasteiger partial charge in [-0.15, -0.1) is 11.3 Å². The summed E-state index contributed by atoms with van der Waals surface area (Å²) in [6, 6.07) is 12.6. The molecule has 1 saturated heterocycles. The molecule has 2 aromatic carbocycles. The van der Waals surface area contributed by atoms with Crippen LogP contribution in [0.1, 0.15) is 108 Å². The Kier molecular flexibility index (Phi) is 12.4. The van der Waals surface area contributed by atoms with E-state index in [-0.39, 0.29) is 64.9 Å². The van der Waals surface area contributed by atoms with E-state index in [0.717, 1.165) is 29.7 Å². The van der Waals surface area contributed by atoms with Crippen LogP contribution in [0.3, 0.4) is 0 Å². The quantitative estimate of drug-likeness (QED) is 0.0711. The van der Waals surface area contributed by atoms with Crippen molar-refractivity contribution < 1.29 is 47.8 Å². The number of carbonyl (C=O) groups excluding carboxylic acids is 3. The van der Waals surface area contributed by atoms with Gasteiger partial charge in [-0.05, 0) is 114 Å². The predicted octanol–water partition coefficient (Wildman–Crippen LogP) is 6.86. The highest BCUT2D eigenvalue weighted by Crippen LogP contribution is 2.65. The maximum absolute atomic E-state index is 14.6. The molecule has 0 spiro atoms. The van der Waals surface area contributed by atoms with Crippen LogP contribution >= 0.6 is 11.3 Å². The van der Waals surface area contributed by atoms with Gasteiger partial charge in [-0.2, -0.15) is 0 Å². The lowest BCUT2D eigenvalue weighted by Gasteiger charge is -2.64. The van der Waals surface area contributed by atoms with Crippen LogP contribution in [0.5, 0.6) is 5.75 Å². The van der Waals surface area contributed by atoms with E-state index in [1.807, 2.05) is 30.3 Å². The summed E-state index contributed by atoms with van der Waals surface area (Å²) < 4.78 is 30.6. The fourth-order valence-electron chi connectivity index (χ4n) is 8.26. The molecule has 0 radical (unpaired) electrons. The van der Waals surface area contributed by atoms with E-state index in [1.165, 1.54) is 13.2 Å². The fraction of sp³-hybridized carbons (Fsp3) is 0.548. The molecule has 312 valence electrons. The number of aliphatic hydroxyl groups is 1. The molecule has 1 aliphatic heterocycles. The third kappa shape index (κ3) is 9.51. The van der Waals surface area contributed by atoms with Crippen LogP contribution in [0, 0.1) is 17.3 Å². The number of esters is 1. The van der Waals surface area contributed by atoms with Crippen molar-refractivity contribution in [3.8, 4) is 5.75 Å². The lowest BCUT2D eigenvalue weighted by Crippen LogP contribution is -2.65. The molecule has 2 bridgehead atoms. The van der Waals surface area contributed by atoms with Gasteiger partial charge in [-0.3, -0.25) is 10.1 Å². The smallest absolute Gasteiger partial charge is 0.482 e. The molecule has 16 heteroatoms. The Morgan fingerprint density at radius 1 is 1.03 bits per heavy atom. The van der Waals surface area contributed by atoms with Crippen molar-refractivity contribution in [3.05, 3.63) is 75.8 Å². The molecule has 3 N–H and O–H groups in total. The number of methoxy groups -OCH3 is 1. The van der Waals surface area contributed by atoms with E-state index in [4.69, 9.17) is 28.4 Å². The Morgan fingerprint density at radius 2 is 1.74 bits per heavy atom. The molecule has 3 aliphatic carbocycles. The topological polar surface area (TPSA) is 176 Å². The van der Waals surface area contributed by atoms with Crippen LogP contribution < -0.4 is 15.4 Å². The van der Waals surface area contributed by atoms with Gasteiger partial charge >= 0.3 is 19.2 Å². The van der Waals surface area contributed by atoms with Crippen LogP contribution in [0.15, 0.2) is 53.0 Å². The number of rotatable bonds is 13. The first kappa shape index (κ1) is 43.1. The molecule has 2 unspecified atom stereocenters. The maximum Gasteiger partial charge on any atom is 0.482 e. The van der Waals surface area contributed by atoms with Gasteiger partial charge in [0, 0.05) is 5.38 Å². The molecular formula is C42H55BN4O10S. The number of hydrogen-bond acceptors (Lipinski definition) is 13. The monoisotopic (exact) mass is 818 g/mol. The van der Waals surface area contributed by atoms with Crippen LogP contribution in [-0.4, -0.2) is 76.8 Å². The summed E-state index contributed by atoms with van der Waals surface area (Å²) in [6.07, 6.45) is 0.990. The van der Waals surface area contributed by atoms with Crippen LogP contribution in [-0.2, 0) is 48.0 Å². The molecule has 2 heterocycles. The summed E-state index contributed by atoms with van der Waals surface area (Å²) in [7, 11) is 0.528. The van der Waals surface area contributed by atoms with E-state index in [1.54, 1.807) is 53.0 Å². The van der Waals surface area contributed by atoms with E-state index < -0.39 is 47.8 Å². The third-order valence-electron chi connectivity index (χ3n) is 11.1. The molecule has 4 aliphatic rings. The summed E-state index contributed by atoms with van der Waals surface area (Å²) in [4.78, 5) is 51.0. The lowest BCUT2D eigenvalue weighted by molar-refractivity contribution is -0.199. The minimum absolute atomic E-state index is 0.0597. The number of nitrogens with one attached hydrogen (secondary N) is 2. The SMILES string of the molecule is COc1c(CC(NC(=O)/C(=N\OCc2ccccc2)c2csc(NC(=O)OC(C)(C)C)n2)B2OC3C[C@H]4C[C@@H](C4(C)C)[C@]3(C)O2)cc(CO)cc1C(=O)OC(C)(C)C. The molecule has 14 nitrogen and oxygen atoms in total. The Labute approximate surface area is 344 Å². The first-order valence-electron chi connectivity index (χ1n) is 19.6. The van der Waals surface area contributed by atoms with Gasteiger partial charge in [0.2, 0.25) is 0 Å². The average molecular weight is 819 g/mol. The fourth-order valence-corrected chi connectivity index (χ4v) is 8.95. The predicted molar refractivity (Wildman–Crippen MR) is 220 cm³/mol. The highest BCUT2D eigenvalue weighted by Gasteiger charge is 2.68. The number of thiazole rings is 1. The van der Waals surface area contributed by atoms with Crippen molar-refractivity contribution in [3.63, 3.8) is 0 Å². The van der Waals surface area contributed by atoms with Gasteiger partial charge in [0.05, 0.1) is 31.4 Å². The molecule has 4 fully saturated rings. The number of ether oxygens (including phenoxy) is 3. The Morgan fingerprint density at radius 3 is 2.38 bits per heavy atom. The summed E-state index contributed by atoms with van der Waals surface area (Å²) in [5.41, 5.74) is -0.188. The molecule has 3 saturated carbocycles. The third-order valence-corrected chi connectivity index (χ3v) is 11.8. The number of carbonyl (C=O) groups is 3. The van der Waals surface area contributed by atoms with Gasteiger partial charge < -0.3 is 38.8 Å². The molecule has 5 atom stereocenters. The lowest BCUT2D eigenvalue weighted by atomic mass is 9.43. The second-order valence-electron chi connectivity index (χ2n) is 18.0. The number of hydrogen-bond donors (Lipinski definition) is 3. The van der Waals surface area contributed by atoms with Crippen molar-refractivity contribution in [1.29, 1.82) is 0 Å². The van der Waals surface area contributed by atoms with E-state index in [0.29, 0.717) is 17.0 Å². The number of aromatic nitrogens is 1. The van der Waals surface area contributed by atoms with Crippen LogP contribution in [0.4, 0.5) is 9.93 Å². The molecule has 2 amide bonds. The van der Waals surface area contributed by atoms with Crippen molar-refractivity contribution in [2.24, 2.45) is 22.4 Å². The number of anilines is 1. The number of nitrogens with zero attached hydrogens (tertiary/aromatic N) is 2. The molecule has 3 aromatic rings. The number of amides is 2. The summed E-state index contributed by atoms with van der Waals surface area (Å²) in [5.74, 6) is -1.20. The first-order chi connectivity index (χ1) is 27.2. The Balaban J connectivity index is 1.36. The largest absolute Gasteiger partial charge is 0.496 e. The second kappa shape index (κ2) is 16.6. The highest BCUT2D eigenvalue weighted by molar-refractivity contribution is 7.14. The normalized spacial score (nSPS) is 22.9. The van der Waals surface area contributed by atoms with E-state index in [9.17, 15) is 19.5 Å².